The Morgan fingerprint density at radius 1 is 1.11 bits per heavy atom. The molecule has 0 fully saturated rings. The van der Waals surface area contributed by atoms with Crippen molar-refractivity contribution >= 4 is 19.7 Å². The van der Waals surface area contributed by atoms with Gasteiger partial charge < -0.3 is 4.74 Å². The van der Waals surface area contributed by atoms with E-state index in [1.165, 1.54) is 18.3 Å². The van der Waals surface area contributed by atoms with E-state index in [2.05, 4.69) is 4.98 Å². The molecular weight excluding hydrogens is 274 g/mol. The molecule has 1 heterocycles. The third kappa shape index (κ3) is 3.45. The first-order valence-electron chi connectivity index (χ1n) is 5.13. The first kappa shape index (κ1) is 12.9. The lowest BCUT2D eigenvalue weighted by Crippen LogP contribution is -1.98. The molecule has 0 bridgehead atoms. The fraction of sp³-hybridized carbons (Fsp3) is 0.0833. The largest absolute Gasteiger partial charge is 0.473 e. The average Bonchev–Trinajstić information content (AvgIpc) is 2.37. The predicted molar refractivity (Wildman–Crippen MR) is 68.0 cm³/mol. The van der Waals surface area contributed by atoms with Gasteiger partial charge in [0.1, 0.15) is 11.5 Å². The molecule has 2 rings (SSSR count). The Kier molecular flexibility index (Phi) is 3.84. The van der Waals surface area contributed by atoms with Crippen molar-refractivity contribution in [1.29, 1.82) is 0 Å². The van der Waals surface area contributed by atoms with Crippen LogP contribution in [0.1, 0.15) is 5.56 Å². The van der Waals surface area contributed by atoms with Crippen LogP contribution in [-0.4, -0.2) is 13.4 Å². The molecule has 0 aliphatic rings. The van der Waals surface area contributed by atoms with E-state index in [0.717, 1.165) is 5.56 Å². The summed E-state index contributed by atoms with van der Waals surface area (Å²) >= 11 is 0. The van der Waals surface area contributed by atoms with Crippen molar-refractivity contribution in [3.63, 3.8) is 0 Å². The van der Waals surface area contributed by atoms with Gasteiger partial charge in [-0.05, 0) is 11.6 Å². The fourth-order valence-corrected chi connectivity index (χ4v) is 2.01. The number of hydrogen-bond acceptors (Lipinski definition) is 4. The zero-order chi connectivity index (χ0) is 13.0. The lowest BCUT2D eigenvalue weighted by Gasteiger charge is -2.05. The maximum Gasteiger partial charge on any atom is 0.262 e. The number of pyridine rings is 1. The van der Waals surface area contributed by atoms with Crippen molar-refractivity contribution in [2.24, 2.45) is 0 Å². The summed E-state index contributed by atoms with van der Waals surface area (Å²) in [5, 5.41) is 0. The second-order valence-electron chi connectivity index (χ2n) is 3.54. The Morgan fingerprint density at radius 3 is 2.39 bits per heavy atom. The number of rotatable bonds is 4. The van der Waals surface area contributed by atoms with Gasteiger partial charge in [-0.2, -0.15) is 0 Å². The van der Waals surface area contributed by atoms with Crippen molar-refractivity contribution in [3.05, 3.63) is 54.2 Å². The van der Waals surface area contributed by atoms with Crippen molar-refractivity contribution in [2.45, 2.75) is 11.5 Å². The van der Waals surface area contributed by atoms with Crippen molar-refractivity contribution in [1.82, 2.24) is 4.98 Å². The van der Waals surface area contributed by atoms with Crippen LogP contribution in [0.25, 0.3) is 0 Å². The van der Waals surface area contributed by atoms with Gasteiger partial charge in [-0.3, -0.25) is 0 Å². The maximum absolute atomic E-state index is 11.0. The second kappa shape index (κ2) is 5.37. The topological polar surface area (TPSA) is 56.3 Å². The highest BCUT2D eigenvalue weighted by Gasteiger charge is 2.10. The van der Waals surface area contributed by atoms with Gasteiger partial charge >= 0.3 is 0 Å². The SMILES string of the molecule is O=S(=O)(Cl)c1ccc(OCc2ccccc2)nc1. The molecule has 0 aliphatic carbocycles. The summed E-state index contributed by atoms with van der Waals surface area (Å²) < 4.78 is 27.4. The highest BCUT2D eigenvalue weighted by atomic mass is 35.7. The van der Waals surface area contributed by atoms with E-state index in [1.807, 2.05) is 30.3 Å². The molecule has 0 spiro atoms. The minimum atomic E-state index is -3.73. The normalized spacial score (nSPS) is 11.2. The van der Waals surface area contributed by atoms with Crippen molar-refractivity contribution < 1.29 is 13.2 Å². The van der Waals surface area contributed by atoms with Crippen LogP contribution in [0.4, 0.5) is 0 Å². The van der Waals surface area contributed by atoms with Gasteiger partial charge in [0.05, 0.1) is 6.20 Å². The molecule has 94 valence electrons. The molecule has 0 amide bonds. The van der Waals surface area contributed by atoms with Crippen LogP contribution < -0.4 is 4.74 Å². The number of aromatic nitrogens is 1. The molecule has 0 atom stereocenters. The number of nitrogens with zero attached hydrogens (tertiary/aromatic N) is 1. The van der Waals surface area contributed by atoms with Crippen LogP contribution in [0, 0.1) is 0 Å². The van der Waals surface area contributed by atoms with Crippen LogP contribution in [0.15, 0.2) is 53.6 Å². The summed E-state index contributed by atoms with van der Waals surface area (Å²) in [7, 11) is 1.44. The Bertz CT molecular complexity index is 612. The molecular formula is C12H10ClNO3S. The highest BCUT2D eigenvalue weighted by Crippen LogP contribution is 2.16. The van der Waals surface area contributed by atoms with Gasteiger partial charge in [0.15, 0.2) is 0 Å². The van der Waals surface area contributed by atoms with E-state index in [-0.39, 0.29) is 4.90 Å². The Hall–Kier alpha value is -1.59. The van der Waals surface area contributed by atoms with Crippen LogP contribution in [0.2, 0.25) is 0 Å². The molecule has 6 heteroatoms. The van der Waals surface area contributed by atoms with Crippen molar-refractivity contribution in [3.8, 4) is 5.88 Å². The van der Waals surface area contributed by atoms with Crippen LogP contribution in [0.3, 0.4) is 0 Å². The molecule has 0 N–H and O–H groups in total. The smallest absolute Gasteiger partial charge is 0.262 e. The fourth-order valence-electron chi connectivity index (χ4n) is 1.33. The Labute approximate surface area is 110 Å². The third-order valence-corrected chi connectivity index (χ3v) is 3.56. The van der Waals surface area contributed by atoms with Crippen LogP contribution in [-0.2, 0) is 15.7 Å². The zero-order valence-corrected chi connectivity index (χ0v) is 10.9. The van der Waals surface area contributed by atoms with Gasteiger partial charge in [0.2, 0.25) is 5.88 Å². The summed E-state index contributed by atoms with van der Waals surface area (Å²) in [5.41, 5.74) is 1.01. The zero-order valence-electron chi connectivity index (χ0n) is 9.28. The highest BCUT2D eigenvalue weighted by molar-refractivity contribution is 8.13. The molecule has 0 aliphatic heterocycles. The lowest BCUT2D eigenvalue weighted by atomic mass is 10.2. The molecule has 1 aromatic carbocycles. The van der Waals surface area contributed by atoms with Gasteiger partial charge in [-0.25, -0.2) is 13.4 Å². The molecule has 4 nitrogen and oxygen atoms in total. The number of hydrogen-bond donors (Lipinski definition) is 0. The van der Waals surface area contributed by atoms with Gasteiger partial charge in [0.25, 0.3) is 9.05 Å². The summed E-state index contributed by atoms with van der Waals surface area (Å²) in [5.74, 6) is 0.350. The van der Waals surface area contributed by atoms with Gasteiger partial charge in [-0.15, -0.1) is 0 Å². The first-order valence-corrected chi connectivity index (χ1v) is 7.44. The van der Waals surface area contributed by atoms with E-state index < -0.39 is 9.05 Å². The van der Waals surface area contributed by atoms with E-state index >= 15 is 0 Å². The second-order valence-corrected chi connectivity index (χ2v) is 6.11. The van der Waals surface area contributed by atoms with E-state index in [4.69, 9.17) is 15.4 Å². The molecule has 18 heavy (non-hydrogen) atoms. The molecule has 2 aromatic rings. The summed E-state index contributed by atoms with van der Waals surface area (Å²) in [6, 6.07) is 12.4. The van der Waals surface area contributed by atoms with Crippen LogP contribution >= 0.6 is 10.7 Å². The number of ether oxygens (including phenoxy) is 1. The molecule has 1 aromatic heterocycles. The molecule has 0 saturated carbocycles. The van der Waals surface area contributed by atoms with E-state index in [1.54, 1.807) is 0 Å². The third-order valence-electron chi connectivity index (χ3n) is 2.22. The number of halogens is 1. The Balaban J connectivity index is 2.03. The van der Waals surface area contributed by atoms with E-state index in [0.29, 0.717) is 12.5 Å². The minimum absolute atomic E-state index is 0.0452. The number of benzene rings is 1. The average molecular weight is 284 g/mol. The minimum Gasteiger partial charge on any atom is -0.473 e. The summed E-state index contributed by atoms with van der Waals surface area (Å²) in [4.78, 5) is 3.83. The first-order chi connectivity index (χ1) is 8.55. The lowest BCUT2D eigenvalue weighted by molar-refractivity contribution is 0.293. The monoisotopic (exact) mass is 283 g/mol. The van der Waals surface area contributed by atoms with Gasteiger partial charge in [-0.1, -0.05) is 30.3 Å². The molecule has 0 radical (unpaired) electrons. The Morgan fingerprint density at radius 2 is 1.83 bits per heavy atom. The predicted octanol–water partition coefficient (Wildman–Crippen LogP) is 2.59. The van der Waals surface area contributed by atoms with E-state index in [9.17, 15) is 8.42 Å². The summed E-state index contributed by atoms with van der Waals surface area (Å²) in [6.07, 6.45) is 1.17. The van der Waals surface area contributed by atoms with Crippen molar-refractivity contribution in [2.75, 3.05) is 0 Å². The van der Waals surface area contributed by atoms with Gasteiger partial charge in [0, 0.05) is 16.7 Å². The quantitative estimate of drug-likeness (QED) is 0.809. The van der Waals surface area contributed by atoms with Crippen LogP contribution in [0.5, 0.6) is 5.88 Å². The standard InChI is InChI=1S/C12H10ClNO3S/c13-18(15,16)11-6-7-12(14-8-11)17-9-10-4-2-1-3-5-10/h1-8H,9H2. The molecule has 0 unspecified atom stereocenters. The maximum atomic E-state index is 11.0. The summed E-state index contributed by atoms with van der Waals surface area (Å²) in [6.45, 7) is 0.376. The molecule has 0 saturated heterocycles.